The zero-order chi connectivity index (χ0) is 15.1. The summed E-state index contributed by atoms with van der Waals surface area (Å²) in [5, 5.41) is 13.0. The van der Waals surface area contributed by atoms with Gasteiger partial charge in [0.25, 0.3) is 5.91 Å². The van der Waals surface area contributed by atoms with Crippen LogP contribution in [-0.4, -0.2) is 36.0 Å². The Morgan fingerprint density at radius 1 is 1.05 bits per heavy atom. The average molecular weight is 278 g/mol. The Kier molecular flexibility index (Phi) is 5.71. The maximum absolute atomic E-state index is 11.8. The Hall–Kier alpha value is -2.37. The second-order valence-electron chi connectivity index (χ2n) is 4.63. The third-order valence-corrected chi connectivity index (χ3v) is 2.69. The molecule has 0 spiro atoms. The Bertz CT molecular complexity index is 494. The molecule has 0 aliphatic carbocycles. The molecule has 0 saturated carbocycles. The van der Waals surface area contributed by atoms with Gasteiger partial charge in [-0.3, -0.25) is 14.4 Å². The summed E-state index contributed by atoms with van der Waals surface area (Å²) in [6.07, 6.45) is 0. The summed E-state index contributed by atoms with van der Waals surface area (Å²) >= 11 is 0. The highest BCUT2D eigenvalue weighted by Crippen LogP contribution is 2.14. The van der Waals surface area contributed by atoms with Gasteiger partial charge in [-0.1, -0.05) is 26.0 Å². The van der Waals surface area contributed by atoms with Crippen LogP contribution in [0.5, 0.6) is 0 Å². The van der Waals surface area contributed by atoms with Crippen LogP contribution in [-0.2, 0) is 9.59 Å². The molecule has 0 atom stereocenters. The molecule has 1 aromatic carbocycles. The predicted octanol–water partition coefficient (Wildman–Crippen LogP) is 0.741. The molecule has 6 nitrogen and oxygen atoms in total. The van der Waals surface area contributed by atoms with E-state index in [0.717, 1.165) is 5.56 Å². The van der Waals surface area contributed by atoms with Crippen molar-refractivity contribution in [2.24, 2.45) is 0 Å². The fourth-order valence-corrected chi connectivity index (χ4v) is 1.52. The van der Waals surface area contributed by atoms with Crippen molar-refractivity contribution >= 4 is 17.8 Å². The van der Waals surface area contributed by atoms with Gasteiger partial charge in [-0.2, -0.15) is 0 Å². The molecule has 1 rings (SSSR count). The highest BCUT2D eigenvalue weighted by molar-refractivity contribution is 5.96. The van der Waals surface area contributed by atoms with Crippen LogP contribution in [0.1, 0.15) is 35.7 Å². The molecule has 6 heteroatoms. The Morgan fingerprint density at radius 2 is 1.65 bits per heavy atom. The number of rotatable bonds is 6. The van der Waals surface area contributed by atoms with Gasteiger partial charge in [-0.05, 0) is 23.6 Å². The van der Waals surface area contributed by atoms with E-state index in [9.17, 15) is 14.4 Å². The van der Waals surface area contributed by atoms with Crippen molar-refractivity contribution in [1.29, 1.82) is 0 Å². The fourth-order valence-electron chi connectivity index (χ4n) is 1.52. The average Bonchev–Trinajstić information content (AvgIpc) is 2.42. The number of aliphatic carboxylic acids is 1. The summed E-state index contributed by atoms with van der Waals surface area (Å²) in [6, 6.07) is 7.12. The van der Waals surface area contributed by atoms with Crippen molar-refractivity contribution in [2.45, 2.75) is 19.8 Å². The van der Waals surface area contributed by atoms with Crippen molar-refractivity contribution in [3.8, 4) is 0 Å². The van der Waals surface area contributed by atoms with E-state index in [2.05, 4.69) is 24.5 Å². The van der Waals surface area contributed by atoms with E-state index < -0.39 is 18.4 Å². The summed E-state index contributed by atoms with van der Waals surface area (Å²) in [7, 11) is 0. The number of hydrogen-bond acceptors (Lipinski definition) is 3. The minimum atomic E-state index is -1.13. The van der Waals surface area contributed by atoms with Gasteiger partial charge in [-0.15, -0.1) is 0 Å². The molecule has 0 aliphatic rings. The van der Waals surface area contributed by atoms with Crippen LogP contribution in [0.25, 0.3) is 0 Å². The van der Waals surface area contributed by atoms with Crippen LogP contribution in [0.2, 0.25) is 0 Å². The van der Waals surface area contributed by atoms with Crippen LogP contribution >= 0.6 is 0 Å². The van der Waals surface area contributed by atoms with Gasteiger partial charge in [0.15, 0.2) is 0 Å². The minimum Gasteiger partial charge on any atom is -0.480 e. The molecule has 0 heterocycles. The first-order valence-electron chi connectivity index (χ1n) is 6.26. The number of carbonyl (C=O) groups is 3. The quantitative estimate of drug-likeness (QED) is 0.715. The highest BCUT2D eigenvalue weighted by Gasteiger charge is 2.09. The van der Waals surface area contributed by atoms with Crippen LogP contribution in [0.3, 0.4) is 0 Å². The molecule has 2 amide bonds. The molecule has 108 valence electrons. The molecule has 0 aromatic heterocycles. The first-order chi connectivity index (χ1) is 9.40. The van der Waals surface area contributed by atoms with Gasteiger partial charge in [-0.25, -0.2) is 0 Å². The molecule has 0 bridgehead atoms. The number of nitrogens with one attached hydrogen (secondary N) is 2. The van der Waals surface area contributed by atoms with E-state index in [1.807, 2.05) is 12.1 Å². The largest absolute Gasteiger partial charge is 0.480 e. The molecule has 0 aliphatic heterocycles. The maximum Gasteiger partial charge on any atom is 0.322 e. The number of benzene rings is 1. The number of carbonyl (C=O) groups excluding carboxylic acids is 2. The Balaban J connectivity index is 2.46. The molecule has 1 aromatic rings. The summed E-state index contributed by atoms with van der Waals surface area (Å²) in [5.41, 5.74) is 1.58. The van der Waals surface area contributed by atoms with Crippen molar-refractivity contribution in [1.82, 2.24) is 10.6 Å². The van der Waals surface area contributed by atoms with Crippen molar-refractivity contribution in [3.05, 3.63) is 35.4 Å². The molecule has 0 fully saturated rings. The number of hydrogen-bond donors (Lipinski definition) is 3. The first-order valence-corrected chi connectivity index (χ1v) is 6.26. The molecule has 0 radical (unpaired) electrons. The molecule has 0 unspecified atom stereocenters. The van der Waals surface area contributed by atoms with Gasteiger partial charge >= 0.3 is 5.97 Å². The summed E-state index contributed by atoms with van der Waals surface area (Å²) < 4.78 is 0. The SMILES string of the molecule is CC(C)c1ccc(C(=O)NCC(=O)NCC(=O)O)cc1. The van der Waals surface area contributed by atoms with Crippen LogP contribution < -0.4 is 10.6 Å². The lowest BCUT2D eigenvalue weighted by atomic mass is 10.0. The topological polar surface area (TPSA) is 95.5 Å². The summed E-state index contributed by atoms with van der Waals surface area (Å²) in [5.74, 6) is -1.66. The second kappa shape index (κ2) is 7.28. The molecular weight excluding hydrogens is 260 g/mol. The number of amides is 2. The number of carboxylic acid groups (broad SMARTS) is 1. The van der Waals surface area contributed by atoms with Gasteiger partial charge in [0.1, 0.15) is 6.54 Å². The van der Waals surface area contributed by atoms with Gasteiger partial charge in [0.2, 0.25) is 5.91 Å². The van der Waals surface area contributed by atoms with E-state index in [-0.39, 0.29) is 12.5 Å². The summed E-state index contributed by atoms with van der Waals surface area (Å²) in [6.45, 7) is 3.40. The van der Waals surface area contributed by atoms with E-state index in [0.29, 0.717) is 11.5 Å². The maximum atomic E-state index is 11.8. The van der Waals surface area contributed by atoms with Crippen LogP contribution in [0.4, 0.5) is 0 Å². The Morgan fingerprint density at radius 3 is 2.15 bits per heavy atom. The van der Waals surface area contributed by atoms with Gasteiger partial charge in [0, 0.05) is 5.56 Å². The van der Waals surface area contributed by atoms with Crippen molar-refractivity contribution in [3.63, 3.8) is 0 Å². The molecule has 3 N–H and O–H groups in total. The van der Waals surface area contributed by atoms with Crippen LogP contribution in [0.15, 0.2) is 24.3 Å². The molecular formula is C14H18N2O4. The molecule has 20 heavy (non-hydrogen) atoms. The van der Waals surface area contributed by atoms with Gasteiger partial charge in [0.05, 0.1) is 6.54 Å². The highest BCUT2D eigenvalue weighted by atomic mass is 16.4. The number of carboxylic acids is 1. The standard InChI is InChI=1S/C14H18N2O4/c1-9(2)10-3-5-11(6-4-10)14(20)16-7-12(17)15-8-13(18)19/h3-6,9H,7-8H2,1-2H3,(H,15,17)(H,16,20)(H,18,19). The third-order valence-electron chi connectivity index (χ3n) is 2.69. The second-order valence-corrected chi connectivity index (χ2v) is 4.63. The predicted molar refractivity (Wildman–Crippen MR) is 73.5 cm³/mol. The van der Waals surface area contributed by atoms with Crippen molar-refractivity contribution < 1.29 is 19.5 Å². The fraction of sp³-hybridized carbons (Fsp3) is 0.357. The van der Waals surface area contributed by atoms with E-state index in [4.69, 9.17) is 5.11 Å². The zero-order valence-electron chi connectivity index (χ0n) is 11.5. The van der Waals surface area contributed by atoms with E-state index >= 15 is 0 Å². The lowest BCUT2D eigenvalue weighted by Crippen LogP contribution is -2.39. The zero-order valence-corrected chi connectivity index (χ0v) is 11.5. The summed E-state index contributed by atoms with van der Waals surface area (Å²) in [4.78, 5) is 33.2. The first kappa shape index (κ1) is 15.7. The van der Waals surface area contributed by atoms with Gasteiger partial charge < -0.3 is 15.7 Å². The van der Waals surface area contributed by atoms with Crippen molar-refractivity contribution in [2.75, 3.05) is 13.1 Å². The monoisotopic (exact) mass is 278 g/mol. The van der Waals surface area contributed by atoms with E-state index in [1.54, 1.807) is 12.1 Å². The smallest absolute Gasteiger partial charge is 0.322 e. The minimum absolute atomic E-state index is 0.252. The van der Waals surface area contributed by atoms with Crippen LogP contribution in [0, 0.1) is 0 Å². The normalized spacial score (nSPS) is 10.2. The Labute approximate surface area is 117 Å². The lowest BCUT2D eigenvalue weighted by molar-refractivity contribution is -0.137. The van der Waals surface area contributed by atoms with E-state index in [1.165, 1.54) is 0 Å². The molecule has 0 saturated heterocycles. The lowest BCUT2D eigenvalue weighted by Gasteiger charge is -2.08. The third kappa shape index (κ3) is 5.09.